The topological polar surface area (TPSA) is 86.7 Å². The minimum absolute atomic E-state index is 0.0270. The number of nitrogens with zero attached hydrogens (tertiary/aromatic N) is 1. The second-order valence-electron chi connectivity index (χ2n) is 7.14. The SMILES string of the molecule is CCC(C(=O)N1CCC(NC(=O)CCCCC(=O)O)CC1)c1ccccc1. The van der Waals surface area contributed by atoms with Crippen molar-refractivity contribution in [2.45, 2.75) is 63.8 Å². The number of aliphatic carboxylic acids is 1. The van der Waals surface area contributed by atoms with Gasteiger partial charge in [-0.15, -0.1) is 0 Å². The Morgan fingerprint density at radius 1 is 1.11 bits per heavy atom. The molecule has 0 aliphatic carbocycles. The van der Waals surface area contributed by atoms with Gasteiger partial charge in [-0.05, 0) is 37.7 Å². The quantitative estimate of drug-likeness (QED) is 0.651. The summed E-state index contributed by atoms with van der Waals surface area (Å²) in [5.41, 5.74) is 1.06. The van der Waals surface area contributed by atoms with E-state index in [0.717, 1.165) is 24.8 Å². The number of carboxylic acid groups (broad SMARTS) is 1. The predicted molar refractivity (Wildman–Crippen MR) is 103 cm³/mol. The largest absolute Gasteiger partial charge is 0.481 e. The first kappa shape index (κ1) is 20.9. The van der Waals surface area contributed by atoms with Gasteiger partial charge in [0.05, 0.1) is 5.92 Å². The number of benzene rings is 1. The number of carboxylic acids is 1. The molecular weight excluding hydrogens is 344 g/mol. The lowest BCUT2D eigenvalue weighted by atomic mass is 9.93. The fourth-order valence-electron chi connectivity index (χ4n) is 3.56. The van der Waals surface area contributed by atoms with Gasteiger partial charge in [-0.3, -0.25) is 14.4 Å². The third-order valence-corrected chi connectivity index (χ3v) is 5.12. The summed E-state index contributed by atoms with van der Waals surface area (Å²) >= 11 is 0. The van der Waals surface area contributed by atoms with Crippen LogP contribution in [0.3, 0.4) is 0 Å². The van der Waals surface area contributed by atoms with Crippen LogP contribution in [0.1, 0.15) is 63.4 Å². The summed E-state index contributed by atoms with van der Waals surface area (Å²) in [5, 5.41) is 11.6. The van der Waals surface area contributed by atoms with Gasteiger partial charge in [0.1, 0.15) is 0 Å². The van der Waals surface area contributed by atoms with E-state index in [1.165, 1.54) is 0 Å². The highest BCUT2D eigenvalue weighted by Crippen LogP contribution is 2.24. The molecule has 1 aliphatic heterocycles. The Balaban J connectivity index is 1.75. The maximum Gasteiger partial charge on any atom is 0.303 e. The average molecular weight is 374 g/mol. The van der Waals surface area contributed by atoms with Gasteiger partial charge in [-0.25, -0.2) is 0 Å². The van der Waals surface area contributed by atoms with Crippen molar-refractivity contribution >= 4 is 17.8 Å². The molecule has 27 heavy (non-hydrogen) atoms. The van der Waals surface area contributed by atoms with Crippen molar-refractivity contribution in [3.63, 3.8) is 0 Å². The van der Waals surface area contributed by atoms with E-state index in [9.17, 15) is 14.4 Å². The first-order chi connectivity index (χ1) is 13.0. The summed E-state index contributed by atoms with van der Waals surface area (Å²) in [6.07, 6.45) is 3.87. The maximum atomic E-state index is 12.9. The molecule has 0 spiro atoms. The number of amides is 2. The molecule has 2 amide bonds. The maximum absolute atomic E-state index is 12.9. The Morgan fingerprint density at radius 3 is 2.33 bits per heavy atom. The van der Waals surface area contributed by atoms with Crippen molar-refractivity contribution in [3.8, 4) is 0 Å². The Labute approximate surface area is 160 Å². The zero-order valence-electron chi connectivity index (χ0n) is 16.0. The third kappa shape index (κ3) is 6.70. The monoisotopic (exact) mass is 374 g/mol. The van der Waals surface area contributed by atoms with E-state index in [1.54, 1.807) is 0 Å². The number of unbranched alkanes of at least 4 members (excludes halogenated alkanes) is 1. The van der Waals surface area contributed by atoms with E-state index in [1.807, 2.05) is 42.2 Å². The molecule has 1 fully saturated rings. The number of piperidine rings is 1. The van der Waals surface area contributed by atoms with Crippen LogP contribution in [-0.2, 0) is 14.4 Å². The van der Waals surface area contributed by atoms with Gasteiger partial charge in [0.2, 0.25) is 11.8 Å². The first-order valence-corrected chi connectivity index (χ1v) is 9.86. The van der Waals surface area contributed by atoms with Crippen LogP contribution in [-0.4, -0.2) is 46.9 Å². The number of carbonyl (C=O) groups is 3. The number of carbonyl (C=O) groups excluding carboxylic acids is 2. The normalized spacial score (nSPS) is 16.0. The molecule has 0 aromatic heterocycles. The van der Waals surface area contributed by atoms with E-state index < -0.39 is 5.97 Å². The lowest BCUT2D eigenvalue weighted by Crippen LogP contribution is -2.47. The van der Waals surface area contributed by atoms with Crippen LogP contribution in [0.15, 0.2) is 30.3 Å². The van der Waals surface area contributed by atoms with Crippen LogP contribution in [0.5, 0.6) is 0 Å². The second kappa shape index (κ2) is 10.7. The first-order valence-electron chi connectivity index (χ1n) is 9.86. The van der Waals surface area contributed by atoms with Crippen molar-refractivity contribution in [3.05, 3.63) is 35.9 Å². The molecule has 0 bridgehead atoms. The molecule has 1 heterocycles. The van der Waals surface area contributed by atoms with Crippen molar-refractivity contribution < 1.29 is 19.5 Å². The summed E-state index contributed by atoms with van der Waals surface area (Å²) in [7, 11) is 0. The van der Waals surface area contributed by atoms with E-state index >= 15 is 0 Å². The van der Waals surface area contributed by atoms with E-state index in [4.69, 9.17) is 5.11 Å². The Kier molecular flexibility index (Phi) is 8.30. The number of hydrogen-bond acceptors (Lipinski definition) is 3. The van der Waals surface area contributed by atoms with Gasteiger partial charge in [0, 0.05) is 32.0 Å². The zero-order chi connectivity index (χ0) is 19.6. The van der Waals surface area contributed by atoms with Crippen molar-refractivity contribution in [1.82, 2.24) is 10.2 Å². The molecule has 148 valence electrons. The minimum Gasteiger partial charge on any atom is -0.481 e. The van der Waals surface area contributed by atoms with Crippen LogP contribution in [0.2, 0.25) is 0 Å². The number of likely N-dealkylation sites (tertiary alicyclic amines) is 1. The standard InChI is InChI=1S/C21H30N2O4/c1-2-18(16-8-4-3-5-9-16)21(27)23-14-12-17(13-15-23)22-19(24)10-6-7-11-20(25)26/h3-5,8-9,17-18H,2,6-7,10-15H2,1H3,(H,22,24)(H,25,26). The molecule has 1 aromatic carbocycles. The van der Waals surface area contributed by atoms with Crippen molar-refractivity contribution in [1.29, 1.82) is 0 Å². The summed E-state index contributed by atoms with van der Waals surface area (Å²) in [6, 6.07) is 9.98. The molecule has 1 unspecified atom stereocenters. The van der Waals surface area contributed by atoms with Gasteiger partial charge in [0.25, 0.3) is 0 Å². The smallest absolute Gasteiger partial charge is 0.303 e. The third-order valence-electron chi connectivity index (χ3n) is 5.12. The van der Waals surface area contributed by atoms with Crippen LogP contribution in [0.4, 0.5) is 0 Å². The molecule has 2 rings (SSSR count). The molecule has 1 aromatic rings. The molecule has 6 nitrogen and oxygen atoms in total. The molecule has 1 aliphatic rings. The highest BCUT2D eigenvalue weighted by molar-refractivity contribution is 5.84. The number of rotatable bonds is 9. The van der Waals surface area contributed by atoms with Gasteiger partial charge >= 0.3 is 5.97 Å². The summed E-state index contributed by atoms with van der Waals surface area (Å²) in [6.45, 7) is 3.35. The number of nitrogens with one attached hydrogen (secondary N) is 1. The lowest BCUT2D eigenvalue weighted by molar-refractivity contribution is -0.137. The molecule has 1 saturated heterocycles. The fraction of sp³-hybridized carbons (Fsp3) is 0.571. The van der Waals surface area contributed by atoms with E-state index in [-0.39, 0.29) is 30.2 Å². The van der Waals surface area contributed by atoms with Crippen LogP contribution in [0.25, 0.3) is 0 Å². The molecule has 0 radical (unpaired) electrons. The Morgan fingerprint density at radius 2 is 1.74 bits per heavy atom. The van der Waals surface area contributed by atoms with Gasteiger partial charge in [0.15, 0.2) is 0 Å². The van der Waals surface area contributed by atoms with Crippen LogP contribution in [0, 0.1) is 0 Å². The van der Waals surface area contributed by atoms with E-state index in [2.05, 4.69) is 5.32 Å². The minimum atomic E-state index is -0.826. The van der Waals surface area contributed by atoms with E-state index in [0.29, 0.717) is 32.4 Å². The second-order valence-corrected chi connectivity index (χ2v) is 7.14. The van der Waals surface area contributed by atoms with Gasteiger partial charge < -0.3 is 15.3 Å². The highest BCUT2D eigenvalue weighted by atomic mass is 16.4. The molecule has 1 atom stereocenters. The fourth-order valence-corrected chi connectivity index (χ4v) is 3.56. The summed E-state index contributed by atoms with van der Waals surface area (Å²) < 4.78 is 0. The zero-order valence-corrected chi connectivity index (χ0v) is 16.0. The van der Waals surface area contributed by atoms with Gasteiger partial charge in [-0.1, -0.05) is 37.3 Å². The summed E-state index contributed by atoms with van der Waals surface area (Å²) in [5.74, 6) is -0.789. The molecule has 0 saturated carbocycles. The highest BCUT2D eigenvalue weighted by Gasteiger charge is 2.28. The number of hydrogen-bond donors (Lipinski definition) is 2. The van der Waals surface area contributed by atoms with Crippen molar-refractivity contribution in [2.75, 3.05) is 13.1 Å². The molecule has 6 heteroatoms. The van der Waals surface area contributed by atoms with Crippen LogP contribution >= 0.6 is 0 Å². The average Bonchev–Trinajstić information content (AvgIpc) is 2.67. The Bertz CT molecular complexity index is 624. The van der Waals surface area contributed by atoms with Crippen molar-refractivity contribution in [2.24, 2.45) is 0 Å². The predicted octanol–water partition coefficient (Wildman–Crippen LogP) is 2.93. The molecule has 2 N–H and O–H groups in total. The summed E-state index contributed by atoms with van der Waals surface area (Å²) in [4.78, 5) is 37.2. The molecular formula is C21H30N2O4. The Hall–Kier alpha value is -2.37. The lowest BCUT2D eigenvalue weighted by Gasteiger charge is -2.34. The van der Waals surface area contributed by atoms with Crippen LogP contribution < -0.4 is 5.32 Å². The van der Waals surface area contributed by atoms with Gasteiger partial charge in [-0.2, -0.15) is 0 Å².